The molecule has 3 aromatic carbocycles. The standard InChI is InChI=1S/C24H20ClFN2O2S/c25-20-9-1-17(2-10-20)14-28-22(29)15-31-24(28)19-7-5-18(6-8-19)23(30)27-13-16-3-11-21(26)12-4-16/h1-12,24H,13-15H2,(H,27,30)/t24-/m1/s1. The maximum absolute atomic E-state index is 13.0. The van der Waals surface area contributed by atoms with Gasteiger partial charge in [0.25, 0.3) is 5.91 Å². The molecule has 0 radical (unpaired) electrons. The van der Waals surface area contributed by atoms with Crippen LogP contribution < -0.4 is 5.32 Å². The molecule has 1 fully saturated rings. The average Bonchev–Trinajstić information content (AvgIpc) is 3.15. The van der Waals surface area contributed by atoms with E-state index in [-0.39, 0.29) is 23.0 Å². The highest BCUT2D eigenvalue weighted by atomic mass is 35.5. The number of carbonyl (C=O) groups excluding carboxylic acids is 2. The third kappa shape index (κ3) is 5.27. The van der Waals surface area contributed by atoms with Crippen LogP contribution in [0.2, 0.25) is 5.02 Å². The van der Waals surface area contributed by atoms with Gasteiger partial charge >= 0.3 is 0 Å². The number of hydrogen-bond acceptors (Lipinski definition) is 3. The van der Waals surface area contributed by atoms with E-state index >= 15 is 0 Å². The van der Waals surface area contributed by atoms with Crippen molar-refractivity contribution >= 4 is 35.2 Å². The van der Waals surface area contributed by atoms with Crippen LogP contribution in [0.1, 0.15) is 32.4 Å². The van der Waals surface area contributed by atoms with E-state index in [4.69, 9.17) is 11.6 Å². The second kappa shape index (κ2) is 9.54. The lowest BCUT2D eigenvalue weighted by molar-refractivity contribution is -0.128. The Labute approximate surface area is 189 Å². The summed E-state index contributed by atoms with van der Waals surface area (Å²) in [5, 5.41) is 3.40. The first-order valence-electron chi connectivity index (χ1n) is 9.78. The van der Waals surface area contributed by atoms with Gasteiger partial charge in [-0.15, -0.1) is 11.8 Å². The second-order valence-corrected chi connectivity index (χ2v) is 8.75. The monoisotopic (exact) mass is 454 g/mol. The van der Waals surface area contributed by atoms with Gasteiger partial charge in [0.1, 0.15) is 11.2 Å². The Morgan fingerprint density at radius 2 is 1.65 bits per heavy atom. The molecule has 0 spiro atoms. The Kier molecular flexibility index (Phi) is 6.59. The molecule has 0 aliphatic carbocycles. The molecule has 0 unspecified atom stereocenters. The molecule has 1 aliphatic rings. The van der Waals surface area contributed by atoms with Crippen molar-refractivity contribution in [3.8, 4) is 0 Å². The normalized spacial score (nSPS) is 15.9. The van der Waals surface area contributed by atoms with E-state index < -0.39 is 0 Å². The fourth-order valence-corrected chi connectivity index (χ4v) is 4.69. The van der Waals surface area contributed by atoms with Gasteiger partial charge in [-0.2, -0.15) is 0 Å². The summed E-state index contributed by atoms with van der Waals surface area (Å²) in [4.78, 5) is 26.7. The molecule has 0 saturated carbocycles. The summed E-state index contributed by atoms with van der Waals surface area (Å²) >= 11 is 7.53. The molecule has 3 aromatic rings. The van der Waals surface area contributed by atoms with E-state index in [1.54, 1.807) is 36.0 Å². The summed E-state index contributed by atoms with van der Waals surface area (Å²) in [6.07, 6.45) is 0. The van der Waals surface area contributed by atoms with E-state index in [9.17, 15) is 14.0 Å². The third-order valence-electron chi connectivity index (χ3n) is 5.06. The maximum atomic E-state index is 13.0. The van der Waals surface area contributed by atoms with E-state index in [1.165, 1.54) is 12.1 Å². The first kappa shape index (κ1) is 21.4. The molecule has 4 nitrogen and oxygen atoms in total. The highest BCUT2D eigenvalue weighted by molar-refractivity contribution is 8.00. The van der Waals surface area contributed by atoms with Gasteiger partial charge in [0.15, 0.2) is 0 Å². The van der Waals surface area contributed by atoms with E-state index in [2.05, 4.69) is 5.32 Å². The first-order chi connectivity index (χ1) is 15.0. The fourth-order valence-electron chi connectivity index (χ4n) is 3.37. The number of nitrogens with zero attached hydrogens (tertiary/aromatic N) is 1. The number of amides is 2. The molecule has 0 bridgehead atoms. The van der Waals surface area contributed by atoms with Gasteiger partial charge < -0.3 is 10.2 Å². The van der Waals surface area contributed by atoms with Gasteiger partial charge in [0, 0.05) is 23.7 Å². The summed E-state index contributed by atoms with van der Waals surface area (Å²) in [6, 6.07) is 20.8. The lowest BCUT2D eigenvalue weighted by Crippen LogP contribution is -2.27. The number of rotatable bonds is 6. The fraction of sp³-hybridized carbons (Fsp3) is 0.167. The lowest BCUT2D eigenvalue weighted by atomic mass is 10.1. The van der Waals surface area contributed by atoms with E-state index in [1.807, 2.05) is 41.3 Å². The second-order valence-electron chi connectivity index (χ2n) is 7.24. The minimum atomic E-state index is -0.306. The summed E-state index contributed by atoms with van der Waals surface area (Å²) in [7, 11) is 0. The predicted molar refractivity (Wildman–Crippen MR) is 121 cm³/mol. The first-order valence-corrected chi connectivity index (χ1v) is 11.2. The van der Waals surface area contributed by atoms with Crippen molar-refractivity contribution in [3.05, 3.63) is 106 Å². The van der Waals surface area contributed by atoms with Gasteiger partial charge in [0.05, 0.1) is 5.75 Å². The number of thioether (sulfide) groups is 1. The molecule has 7 heteroatoms. The number of hydrogen-bond donors (Lipinski definition) is 1. The third-order valence-corrected chi connectivity index (χ3v) is 6.57. The van der Waals surface area contributed by atoms with Gasteiger partial charge in [-0.05, 0) is 53.1 Å². The van der Waals surface area contributed by atoms with Crippen molar-refractivity contribution < 1.29 is 14.0 Å². The number of carbonyl (C=O) groups is 2. The average molecular weight is 455 g/mol. The Morgan fingerprint density at radius 3 is 2.32 bits per heavy atom. The van der Waals surface area contributed by atoms with Gasteiger partial charge in [-0.3, -0.25) is 9.59 Å². The molecule has 0 aromatic heterocycles. The van der Waals surface area contributed by atoms with Crippen LogP contribution in [0, 0.1) is 5.82 Å². The molecule has 2 amide bonds. The van der Waals surface area contributed by atoms with Gasteiger partial charge in [0.2, 0.25) is 5.91 Å². The summed E-state index contributed by atoms with van der Waals surface area (Å²) in [5.41, 5.74) is 3.34. The minimum Gasteiger partial charge on any atom is -0.348 e. The van der Waals surface area contributed by atoms with Crippen LogP contribution in [0.5, 0.6) is 0 Å². The predicted octanol–water partition coefficient (Wildman–Crippen LogP) is 5.18. The molecular weight excluding hydrogens is 435 g/mol. The zero-order valence-corrected chi connectivity index (χ0v) is 18.1. The lowest BCUT2D eigenvalue weighted by Gasteiger charge is -2.24. The Balaban J connectivity index is 1.41. The Morgan fingerprint density at radius 1 is 1.00 bits per heavy atom. The quantitative estimate of drug-likeness (QED) is 0.558. The molecule has 1 saturated heterocycles. The molecule has 1 atom stereocenters. The SMILES string of the molecule is O=C(NCc1ccc(F)cc1)c1ccc([C@H]2SCC(=O)N2Cc2ccc(Cl)cc2)cc1. The van der Waals surface area contributed by atoms with Crippen molar-refractivity contribution in [1.82, 2.24) is 10.2 Å². The number of nitrogens with one attached hydrogen (secondary N) is 1. The topological polar surface area (TPSA) is 49.4 Å². The molecule has 158 valence electrons. The van der Waals surface area contributed by atoms with Crippen molar-refractivity contribution in [2.75, 3.05) is 5.75 Å². The summed E-state index contributed by atoms with van der Waals surface area (Å²) in [5.74, 6) is 0.00665. The highest BCUT2D eigenvalue weighted by Crippen LogP contribution is 2.39. The van der Waals surface area contributed by atoms with Crippen LogP contribution in [0.4, 0.5) is 4.39 Å². The van der Waals surface area contributed by atoms with Crippen LogP contribution in [0.25, 0.3) is 0 Å². The van der Waals surface area contributed by atoms with Crippen molar-refractivity contribution in [2.24, 2.45) is 0 Å². The largest absolute Gasteiger partial charge is 0.348 e. The van der Waals surface area contributed by atoms with Gasteiger partial charge in [-0.1, -0.05) is 48.0 Å². The molecule has 1 N–H and O–H groups in total. The highest BCUT2D eigenvalue weighted by Gasteiger charge is 2.32. The Hall–Kier alpha value is -2.83. The smallest absolute Gasteiger partial charge is 0.251 e. The molecule has 31 heavy (non-hydrogen) atoms. The van der Waals surface area contributed by atoms with Crippen molar-refractivity contribution in [3.63, 3.8) is 0 Å². The van der Waals surface area contributed by atoms with Crippen LogP contribution in [-0.2, 0) is 17.9 Å². The zero-order chi connectivity index (χ0) is 21.8. The molecule has 4 rings (SSSR count). The van der Waals surface area contributed by atoms with Gasteiger partial charge in [-0.25, -0.2) is 4.39 Å². The molecular formula is C24H20ClFN2O2S. The maximum Gasteiger partial charge on any atom is 0.251 e. The van der Waals surface area contributed by atoms with Crippen LogP contribution >= 0.6 is 23.4 Å². The molecule has 1 heterocycles. The number of benzene rings is 3. The summed E-state index contributed by atoms with van der Waals surface area (Å²) < 4.78 is 13.0. The van der Waals surface area contributed by atoms with Crippen LogP contribution in [0.15, 0.2) is 72.8 Å². The van der Waals surface area contributed by atoms with Crippen LogP contribution in [0.3, 0.4) is 0 Å². The summed E-state index contributed by atoms with van der Waals surface area (Å²) in [6.45, 7) is 0.830. The van der Waals surface area contributed by atoms with Crippen molar-refractivity contribution in [2.45, 2.75) is 18.5 Å². The Bertz CT molecular complexity index is 1070. The zero-order valence-electron chi connectivity index (χ0n) is 16.6. The number of halogens is 2. The van der Waals surface area contributed by atoms with E-state index in [0.29, 0.717) is 29.4 Å². The van der Waals surface area contributed by atoms with Crippen molar-refractivity contribution in [1.29, 1.82) is 0 Å². The van der Waals surface area contributed by atoms with Crippen LogP contribution in [-0.4, -0.2) is 22.5 Å². The minimum absolute atomic E-state index is 0.0890. The molecule has 1 aliphatic heterocycles. The van der Waals surface area contributed by atoms with E-state index in [0.717, 1.165) is 16.7 Å².